The number of fused-ring (bicyclic) bond motifs is 1. The van der Waals surface area contributed by atoms with Crippen LogP contribution in [0.4, 0.5) is 0 Å². The fourth-order valence-electron chi connectivity index (χ4n) is 2.64. The lowest BCUT2D eigenvalue weighted by Gasteiger charge is -2.06. The molecule has 1 N–H and O–H groups in total. The maximum atomic E-state index is 12.2. The molecule has 0 atom stereocenters. The van der Waals surface area contributed by atoms with Crippen LogP contribution in [0, 0.1) is 6.92 Å². The highest BCUT2D eigenvalue weighted by Gasteiger charge is 2.30. The first-order valence-corrected chi connectivity index (χ1v) is 10.7. The molecule has 2 aromatic heterocycles. The second-order valence-corrected chi connectivity index (χ2v) is 9.26. The lowest BCUT2D eigenvalue weighted by molar-refractivity contribution is 0.580. The number of hydrogen-bond donors (Lipinski definition) is 1. The molecule has 0 unspecified atom stereocenters. The largest absolute Gasteiger partial charge is 0.234 e. The van der Waals surface area contributed by atoms with Gasteiger partial charge in [-0.1, -0.05) is 41.2 Å². The van der Waals surface area contributed by atoms with Crippen molar-refractivity contribution in [3.8, 4) is 0 Å². The van der Waals surface area contributed by atoms with E-state index in [1.165, 1.54) is 11.3 Å². The molecule has 1 saturated carbocycles. The molecule has 132 valence electrons. The van der Waals surface area contributed by atoms with Gasteiger partial charge in [-0.25, -0.2) is 13.1 Å². The van der Waals surface area contributed by atoms with E-state index in [9.17, 15) is 8.42 Å². The van der Waals surface area contributed by atoms with Gasteiger partial charge >= 0.3 is 0 Å². The summed E-state index contributed by atoms with van der Waals surface area (Å²) in [6.07, 6.45) is 2.84. The average molecular weight is 377 g/mol. The van der Waals surface area contributed by atoms with Crippen molar-refractivity contribution in [2.24, 2.45) is 0 Å². The molecule has 1 aliphatic rings. The zero-order valence-electron chi connectivity index (χ0n) is 13.8. The predicted molar refractivity (Wildman–Crippen MR) is 96.1 cm³/mol. The van der Waals surface area contributed by atoms with Gasteiger partial charge in [0, 0.05) is 18.9 Å². The van der Waals surface area contributed by atoms with Crippen LogP contribution < -0.4 is 4.72 Å². The van der Waals surface area contributed by atoms with Gasteiger partial charge in [-0.2, -0.15) is 9.61 Å². The monoisotopic (exact) mass is 377 g/mol. The first kappa shape index (κ1) is 16.6. The third kappa shape index (κ3) is 3.88. The lowest BCUT2D eigenvalue weighted by atomic mass is 10.2. The molecule has 3 aromatic rings. The van der Waals surface area contributed by atoms with Crippen molar-refractivity contribution >= 4 is 26.3 Å². The van der Waals surface area contributed by atoms with E-state index in [-0.39, 0.29) is 5.75 Å². The van der Waals surface area contributed by atoms with Crippen molar-refractivity contribution in [3.63, 3.8) is 0 Å². The molecule has 1 fully saturated rings. The molecular formula is C16H19N5O2S2. The zero-order valence-corrected chi connectivity index (χ0v) is 15.5. The molecule has 25 heavy (non-hydrogen) atoms. The number of sulfonamides is 1. The average Bonchev–Trinajstić information content (AvgIpc) is 3.20. The molecule has 2 heterocycles. The fourth-order valence-corrected chi connectivity index (χ4v) is 4.62. The number of hydrogen-bond acceptors (Lipinski definition) is 6. The number of rotatable bonds is 7. The SMILES string of the molecule is Cc1ccc(CS(=O)(=O)NCCc2nn3c(C4CC4)nnc3s2)cc1. The van der Waals surface area contributed by atoms with E-state index in [1.807, 2.05) is 31.2 Å². The van der Waals surface area contributed by atoms with Crippen LogP contribution in [0.5, 0.6) is 0 Å². The van der Waals surface area contributed by atoms with E-state index in [2.05, 4.69) is 20.0 Å². The summed E-state index contributed by atoms with van der Waals surface area (Å²) in [5, 5.41) is 13.7. The van der Waals surface area contributed by atoms with Gasteiger partial charge in [-0.3, -0.25) is 0 Å². The molecule has 0 saturated heterocycles. The van der Waals surface area contributed by atoms with Gasteiger partial charge in [0.05, 0.1) is 5.75 Å². The van der Waals surface area contributed by atoms with Gasteiger partial charge in [0.1, 0.15) is 5.01 Å². The van der Waals surface area contributed by atoms with Gasteiger partial charge in [0.25, 0.3) is 0 Å². The summed E-state index contributed by atoms with van der Waals surface area (Å²) >= 11 is 1.46. The highest BCUT2D eigenvalue weighted by Crippen LogP contribution is 2.39. The second-order valence-electron chi connectivity index (χ2n) is 6.41. The number of nitrogens with one attached hydrogen (secondary N) is 1. The summed E-state index contributed by atoms with van der Waals surface area (Å²) in [4.78, 5) is 0.777. The van der Waals surface area contributed by atoms with E-state index in [0.717, 1.165) is 39.8 Å². The summed E-state index contributed by atoms with van der Waals surface area (Å²) in [5.74, 6) is 1.40. The Hall–Kier alpha value is -1.84. The Morgan fingerprint density at radius 2 is 2.00 bits per heavy atom. The van der Waals surface area contributed by atoms with Crippen LogP contribution in [-0.2, 0) is 22.2 Å². The molecule has 9 heteroatoms. The summed E-state index contributed by atoms with van der Waals surface area (Å²) < 4.78 is 28.8. The van der Waals surface area contributed by atoms with Crippen molar-refractivity contribution < 1.29 is 8.42 Å². The molecule has 0 spiro atoms. The summed E-state index contributed by atoms with van der Waals surface area (Å²) in [7, 11) is -3.35. The van der Waals surface area contributed by atoms with Crippen molar-refractivity contribution in [2.75, 3.05) is 6.54 Å². The van der Waals surface area contributed by atoms with Crippen molar-refractivity contribution in [1.82, 2.24) is 24.5 Å². The maximum absolute atomic E-state index is 12.2. The van der Waals surface area contributed by atoms with Crippen LogP contribution in [-0.4, -0.2) is 34.8 Å². The van der Waals surface area contributed by atoms with E-state index in [0.29, 0.717) is 18.9 Å². The van der Waals surface area contributed by atoms with Gasteiger partial charge in [0.2, 0.25) is 15.0 Å². The van der Waals surface area contributed by atoms with Crippen molar-refractivity contribution in [3.05, 3.63) is 46.2 Å². The highest BCUT2D eigenvalue weighted by molar-refractivity contribution is 7.88. The van der Waals surface area contributed by atoms with Gasteiger partial charge < -0.3 is 0 Å². The number of aryl methyl sites for hydroxylation is 1. The molecule has 7 nitrogen and oxygen atoms in total. The van der Waals surface area contributed by atoms with Gasteiger partial charge in [-0.05, 0) is 25.3 Å². The molecule has 0 radical (unpaired) electrons. The summed E-state index contributed by atoms with van der Waals surface area (Å²) in [6.45, 7) is 2.31. The van der Waals surface area contributed by atoms with E-state index < -0.39 is 10.0 Å². The number of aromatic nitrogens is 4. The standard InChI is InChI=1S/C16H19N5O2S2/c1-11-2-4-12(5-3-11)10-25(22,23)17-9-8-14-20-21-15(13-6-7-13)18-19-16(21)24-14/h2-5,13,17H,6-10H2,1H3. The zero-order chi connectivity index (χ0) is 17.4. The van der Waals surface area contributed by atoms with Gasteiger partial charge in [0.15, 0.2) is 5.82 Å². The van der Waals surface area contributed by atoms with Crippen LogP contribution in [0.3, 0.4) is 0 Å². The van der Waals surface area contributed by atoms with E-state index in [1.54, 1.807) is 4.52 Å². The molecule has 0 amide bonds. The van der Waals surface area contributed by atoms with Crippen LogP contribution in [0.25, 0.3) is 4.96 Å². The number of benzene rings is 1. The third-order valence-corrected chi connectivity index (χ3v) is 6.45. The van der Waals surface area contributed by atoms with Crippen LogP contribution in [0.2, 0.25) is 0 Å². The van der Waals surface area contributed by atoms with Crippen molar-refractivity contribution in [1.29, 1.82) is 0 Å². The second kappa shape index (κ2) is 6.47. The topological polar surface area (TPSA) is 89.2 Å². The van der Waals surface area contributed by atoms with Crippen LogP contribution in [0.1, 0.15) is 40.7 Å². The van der Waals surface area contributed by atoms with Crippen LogP contribution in [0.15, 0.2) is 24.3 Å². The summed E-state index contributed by atoms with van der Waals surface area (Å²) in [6, 6.07) is 7.52. The minimum atomic E-state index is -3.35. The third-order valence-electron chi connectivity index (χ3n) is 4.14. The molecule has 0 bridgehead atoms. The molecule has 0 aliphatic heterocycles. The Kier molecular flexibility index (Phi) is 4.30. The predicted octanol–water partition coefficient (Wildman–Crippen LogP) is 2.03. The lowest BCUT2D eigenvalue weighted by Crippen LogP contribution is -2.27. The Labute approximate surface area is 150 Å². The normalized spacial score (nSPS) is 15.1. The Morgan fingerprint density at radius 1 is 1.24 bits per heavy atom. The fraction of sp³-hybridized carbons (Fsp3) is 0.438. The highest BCUT2D eigenvalue weighted by atomic mass is 32.2. The molecule has 4 rings (SSSR count). The maximum Gasteiger partial charge on any atom is 0.234 e. The molecular weight excluding hydrogens is 358 g/mol. The molecule has 1 aliphatic carbocycles. The first-order chi connectivity index (χ1) is 12.0. The smallest absolute Gasteiger partial charge is 0.215 e. The van der Waals surface area contributed by atoms with Gasteiger partial charge in [-0.15, -0.1) is 10.2 Å². The summed E-state index contributed by atoms with van der Waals surface area (Å²) in [5.41, 5.74) is 1.90. The van der Waals surface area contributed by atoms with Crippen molar-refractivity contribution in [2.45, 2.75) is 37.9 Å². The first-order valence-electron chi connectivity index (χ1n) is 8.24. The minimum Gasteiger partial charge on any atom is -0.215 e. The quantitative estimate of drug-likeness (QED) is 0.680. The Balaban J connectivity index is 1.35. The number of nitrogens with zero attached hydrogens (tertiary/aromatic N) is 4. The van der Waals surface area contributed by atoms with E-state index in [4.69, 9.17) is 0 Å². The van der Waals surface area contributed by atoms with E-state index >= 15 is 0 Å². The Bertz CT molecular complexity index is 987. The Morgan fingerprint density at radius 3 is 2.72 bits per heavy atom. The minimum absolute atomic E-state index is 0.00970. The van der Waals surface area contributed by atoms with Crippen LogP contribution >= 0.6 is 11.3 Å². The molecule has 1 aromatic carbocycles.